The molecule has 0 aliphatic rings. The van der Waals surface area contributed by atoms with E-state index in [0.29, 0.717) is 19.3 Å². The van der Waals surface area contributed by atoms with Crippen LogP contribution in [-0.4, -0.2) is 34.4 Å². The number of carbonyl (C=O) groups is 3. The van der Waals surface area contributed by atoms with Crippen LogP contribution in [0.15, 0.2) is 0 Å². The molecule has 0 bridgehead atoms. The summed E-state index contributed by atoms with van der Waals surface area (Å²) in [7, 11) is 0. The molecule has 0 saturated carbocycles. The number of Topliss-reactive ketones (excluding diaryl/α,β-unsaturated/α-hetero) is 2. The zero-order chi connectivity index (χ0) is 11.0. The summed E-state index contributed by atoms with van der Waals surface area (Å²) in [6.45, 7) is 0.0856. The van der Waals surface area contributed by atoms with E-state index in [2.05, 4.69) is 0 Å². The molecule has 14 heavy (non-hydrogen) atoms. The van der Waals surface area contributed by atoms with E-state index in [1.165, 1.54) is 0 Å². The van der Waals surface area contributed by atoms with Crippen molar-refractivity contribution in [2.45, 2.75) is 32.1 Å². The number of aliphatic hydroxyl groups is 1. The summed E-state index contributed by atoms with van der Waals surface area (Å²) < 4.78 is 0. The lowest BCUT2D eigenvalue weighted by Gasteiger charge is -1.97. The molecule has 5 nitrogen and oxygen atoms in total. The second-order valence-electron chi connectivity index (χ2n) is 2.98. The average molecular weight is 202 g/mol. The third-order valence-corrected chi connectivity index (χ3v) is 1.71. The van der Waals surface area contributed by atoms with Gasteiger partial charge in [-0.05, 0) is 12.8 Å². The highest BCUT2D eigenvalue weighted by Crippen LogP contribution is 2.02. The molecule has 0 fully saturated rings. The van der Waals surface area contributed by atoms with Gasteiger partial charge in [-0.25, -0.2) is 4.79 Å². The van der Waals surface area contributed by atoms with E-state index < -0.39 is 18.2 Å². The summed E-state index contributed by atoms with van der Waals surface area (Å²) in [5.74, 6) is -2.97. The number of carboxylic acids is 1. The molecule has 0 saturated heterocycles. The first-order valence-corrected chi connectivity index (χ1v) is 4.46. The molecule has 0 unspecified atom stereocenters. The van der Waals surface area contributed by atoms with Crippen molar-refractivity contribution in [2.24, 2.45) is 0 Å². The number of aliphatic carboxylic acids is 1. The largest absolute Gasteiger partial charge is 0.475 e. The monoisotopic (exact) mass is 202 g/mol. The van der Waals surface area contributed by atoms with Gasteiger partial charge in [0.05, 0.1) is 6.42 Å². The van der Waals surface area contributed by atoms with Gasteiger partial charge in [-0.1, -0.05) is 6.42 Å². The average Bonchev–Trinajstić information content (AvgIpc) is 2.12. The van der Waals surface area contributed by atoms with Gasteiger partial charge in [0.25, 0.3) is 0 Å². The van der Waals surface area contributed by atoms with Crippen LogP contribution in [0.1, 0.15) is 32.1 Å². The second kappa shape index (κ2) is 7.20. The minimum absolute atomic E-state index is 0.0856. The number of hydrogen-bond donors (Lipinski definition) is 2. The molecule has 0 rings (SSSR count). The fourth-order valence-electron chi connectivity index (χ4n) is 0.954. The third-order valence-electron chi connectivity index (χ3n) is 1.71. The van der Waals surface area contributed by atoms with Crippen molar-refractivity contribution >= 4 is 17.5 Å². The van der Waals surface area contributed by atoms with Crippen LogP contribution in [-0.2, 0) is 14.4 Å². The van der Waals surface area contributed by atoms with Gasteiger partial charge < -0.3 is 10.2 Å². The molecule has 0 radical (unpaired) electrons. The predicted octanol–water partition coefficient (Wildman–Crippen LogP) is 0.152. The summed E-state index contributed by atoms with van der Waals surface area (Å²) in [5, 5.41) is 16.6. The Bertz CT molecular complexity index is 221. The number of ketones is 2. The van der Waals surface area contributed by atoms with E-state index >= 15 is 0 Å². The normalized spacial score (nSPS) is 9.79. The first-order valence-electron chi connectivity index (χ1n) is 4.46. The molecule has 0 amide bonds. The smallest absolute Gasteiger partial charge is 0.372 e. The number of unbranched alkanes of at least 4 members (excludes halogenated alkanes) is 2. The SMILES string of the molecule is O=C(CCCCCO)CC(=O)C(=O)O. The van der Waals surface area contributed by atoms with Crippen LogP contribution in [0.2, 0.25) is 0 Å². The summed E-state index contributed by atoms with van der Waals surface area (Å²) >= 11 is 0. The highest BCUT2D eigenvalue weighted by molar-refractivity contribution is 6.36. The van der Waals surface area contributed by atoms with Crippen LogP contribution in [0, 0.1) is 0 Å². The van der Waals surface area contributed by atoms with Crippen molar-refractivity contribution in [3.05, 3.63) is 0 Å². The molecule has 80 valence electrons. The van der Waals surface area contributed by atoms with Crippen LogP contribution >= 0.6 is 0 Å². The molecular weight excluding hydrogens is 188 g/mol. The molecule has 5 heteroatoms. The van der Waals surface area contributed by atoms with Crippen LogP contribution in [0.25, 0.3) is 0 Å². The maximum Gasteiger partial charge on any atom is 0.372 e. The van der Waals surface area contributed by atoms with E-state index in [-0.39, 0.29) is 18.8 Å². The predicted molar refractivity (Wildman–Crippen MR) is 47.8 cm³/mol. The van der Waals surface area contributed by atoms with Crippen LogP contribution in [0.4, 0.5) is 0 Å². The molecule has 0 aliphatic carbocycles. The molecule has 2 N–H and O–H groups in total. The third kappa shape index (κ3) is 6.30. The van der Waals surface area contributed by atoms with Crippen molar-refractivity contribution in [3.8, 4) is 0 Å². The van der Waals surface area contributed by atoms with E-state index in [4.69, 9.17) is 10.2 Å². The number of rotatable bonds is 8. The highest BCUT2D eigenvalue weighted by Gasteiger charge is 2.15. The Morgan fingerprint density at radius 2 is 1.64 bits per heavy atom. The van der Waals surface area contributed by atoms with Crippen LogP contribution < -0.4 is 0 Å². The maximum absolute atomic E-state index is 11.0. The summed E-state index contributed by atoms with van der Waals surface area (Å²) in [6.07, 6.45) is 1.61. The molecule has 0 aliphatic heterocycles. The summed E-state index contributed by atoms with van der Waals surface area (Å²) in [5.41, 5.74) is 0. The fraction of sp³-hybridized carbons (Fsp3) is 0.667. The Kier molecular flexibility index (Phi) is 6.57. The highest BCUT2D eigenvalue weighted by atomic mass is 16.4. The fourth-order valence-corrected chi connectivity index (χ4v) is 0.954. The molecule has 0 aromatic heterocycles. The number of carboxylic acid groups (broad SMARTS) is 1. The van der Waals surface area contributed by atoms with Crippen LogP contribution in [0.5, 0.6) is 0 Å². The van der Waals surface area contributed by atoms with Gasteiger partial charge in [-0.15, -0.1) is 0 Å². The number of carbonyl (C=O) groups excluding carboxylic acids is 2. The van der Waals surface area contributed by atoms with Crippen LogP contribution in [0.3, 0.4) is 0 Å². The quantitative estimate of drug-likeness (QED) is 0.332. The standard InChI is InChI=1S/C9H14O5/c10-5-3-1-2-4-7(11)6-8(12)9(13)14/h10H,1-6H2,(H,13,14). The zero-order valence-corrected chi connectivity index (χ0v) is 7.86. The Labute approximate surface area is 81.7 Å². The summed E-state index contributed by atoms with van der Waals surface area (Å²) in [4.78, 5) is 31.6. The van der Waals surface area contributed by atoms with Gasteiger partial charge in [-0.2, -0.15) is 0 Å². The van der Waals surface area contributed by atoms with Crippen molar-refractivity contribution in [1.82, 2.24) is 0 Å². The van der Waals surface area contributed by atoms with E-state index in [1.54, 1.807) is 0 Å². The minimum atomic E-state index is -1.56. The lowest BCUT2D eigenvalue weighted by molar-refractivity contribution is -0.150. The first-order chi connectivity index (χ1) is 6.57. The Hall–Kier alpha value is -1.23. The van der Waals surface area contributed by atoms with E-state index in [0.717, 1.165) is 0 Å². The van der Waals surface area contributed by atoms with Gasteiger partial charge in [0.1, 0.15) is 5.78 Å². The topological polar surface area (TPSA) is 91.7 Å². The number of aliphatic hydroxyl groups excluding tert-OH is 1. The van der Waals surface area contributed by atoms with Crippen molar-refractivity contribution < 1.29 is 24.6 Å². The first kappa shape index (κ1) is 12.8. The molecule has 0 aromatic rings. The Morgan fingerprint density at radius 1 is 1.00 bits per heavy atom. The van der Waals surface area contributed by atoms with Gasteiger partial charge in [-0.3, -0.25) is 9.59 Å². The van der Waals surface area contributed by atoms with Crippen molar-refractivity contribution in [3.63, 3.8) is 0 Å². The molecular formula is C9H14O5. The van der Waals surface area contributed by atoms with Gasteiger partial charge in [0.15, 0.2) is 0 Å². The van der Waals surface area contributed by atoms with Gasteiger partial charge in [0.2, 0.25) is 5.78 Å². The van der Waals surface area contributed by atoms with Crippen molar-refractivity contribution in [2.75, 3.05) is 6.61 Å². The second-order valence-corrected chi connectivity index (χ2v) is 2.98. The van der Waals surface area contributed by atoms with Crippen molar-refractivity contribution in [1.29, 1.82) is 0 Å². The molecule has 0 atom stereocenters. The lowest BCUT2D eigenvalue weighted by atomic mass is 10.1. The molecule has 0 heterocycles. The lowest BCUT2D eigenvalue weighted by Crippen LogP contribution is -2.16. The van der Waals surface area contributed by atoms with Gasteiger partial charge in [0, 0.05) is 13.0 Å². The maximum atomic E-state index is 11.0. The Balaban J connectivity index is 3.56. The van der Waals surface area contributed by atoms with E-state index in [9.17, 15) is 14.4 Å². The number of hydrogen-bond acceptors (Lipinski definition) is 4. The van der Waals surface area contributed by atoms with E-state index in [1.807, 2.05) is 0 Å². The molecule has 0 spiro atoms. The van der Waals surface area contributed by atoms with Gasteiger partial charge >= 0.3 is 5.97 Å². The molecule has 0 aromatic carbocycles. The zero-order valence-electron chi connectivity index (χ0n) is 7.86. The summed E-state index contributed by atoms with van der Waals surface area (Å²) in [6, 6.07) is 0. The minimum Gasteiger partial charge on any atom is -0.475 e. The Morgan fingerprint density at radius 3 is 2.14 bits per heavy atom.